The van der Waals surface area contributed by atoms with Gasteiger partial charge in [-0.05, 0) is 43.2 Å². The molecule has 3 N–H and O–H groups in total. The summed E-state index contributed by atoms with van der Waals surface area (Å²) in [5, 5.41) is 9.88. The fourth-order valence-corrected chi connectivity index (χ4v) is 3.36. The first-order chi connectivity index (χ1) is 9.56. The van der Waals surface area contributed by atoms with Gasteiger partial charge < -0.3 is 15.7 Å². The van der Waals surface area contributed by atoms with Gasteiger partial charge in [-0.1, -0.05) is 19.1 Å². The van der Waals surface area contributed by atoms with Gasteiger partial charge in [-0.2, -0.15) is 0 Å². The van der Waals surface area contributed by atoms with Gasteiger partial charge in [0.15, 0.2) is 0 Å². The van der Waals surface area contributed by atoms with E-state index in [0.717, 1.165) is 50.2 Å². The molecule has 20 heavy (non-hydrogen) atoms. The molecule has 0 radical (unpaired) electrons. The van der Waals surface area contributed by atoms with Crippen molar-refractivity contribution >= 4 is 23.0 Å². The Morgan fingerprint density at radius 3 is 3.00 bits per heavy atom. The summed E-state index contributed by atoms with van der Waals surface area (Å²) in [6.07, 6.45) is 3.85. The van der Waals surface area contributed by atoms with Crippen LogP contribution in [0.15, 0.2) is 6.07 Å². The Kier molecular flexibility index (Phi) is 3.65. The van der Waals surface area contributed by atoms with Crippen LogP contribution in [-0.4, -0.2) is 34.3 Å². The third kappa shape index (κ3) is 2.40. The molecular formula is C15H21N3OS. The Hall–Kier alpha value is -1.20. The largest absolute Gasteiger partial charge is 0.393 e. The van der Waals surface area contributed by atoms with Crippen molar-refractivity contribution in [2.45, 2.75) is 38.7 Å². The molecule has 1 aromatic rings. The number of aliphatic hydroxyl groups is 1. The van der Waals surface area contributed by atoms with Crippen molar-refractivity contribution < 1.29 is 5.11 Å². The first-order valence-electron chi connectivity index (χ1n) is 7.32. The van der Waals surface area contributed by atoms with Gasteiger partial charge >= 0.3 is 0 Å². The van der Waals surface area contributed by atoms with E-state index in [4.69, 9.17) is 22.9 Å². The molecular weight excluding hydrogens is 270 g/mol. The Morgan fingerprint density at radius 1 is 1.50 bits per heavy atom. The first-order valence-corrected chi connectivity index (χ1v) is 7.72. The Morgan fingerprint density at radius 2 is 2.30 bits per heavy atom. The van der Waals surface area contributed by atoms with E-state index in [9.17, 15) is 5.11 Å². The highest BCUT2D eigenvalue weighted by Crippen LogP contribution is 2.30. The zero-order valence-electron chi connectivity index (χ0n) is 11.8. The zero-order chi connectivity index (χ0) is 14.3. The number of aliphatic hydroxyl groups excluding tert-OH is 1. The Balaban J connectivity index is 1.97. The summed E-state index contributed by atoms with van der Waals surface area (Å²) < 4.78 is 0. The fourth-order valence-electron chi connectivity index (χ4n) is 3.21. The number of hydrogen-bond donors (Lipinski definition) is 2. The van der Waals surface area contributed by atoms with Gasteiger partial charge in [-0.15, -0.1) is 0 Å². The second kappa shape index (κ2) is 5.30. The van der Waals surface area contributed by atoms with Gasteiger partial charge in [0.2, 0.25) is 0 Å². The highest BCUT2D eigenvalue weighted by atomic mass is 32.1. The zero-order valence-corrected chi connectivity index (χ0v) is 12.6. The van der Waals surface area contributed by atoms with Crippen LogP contribution in [0.2, 0.25) is 0 Å². The normalized spacial score (nSPS) is 25.6. The summed E-state index contributed by atoms with van der Waals surface area (Å²) in [5.74, 6) is 1.16. The lowest BCUT2D eigenvalue weighted by molar-refractivity contribution is 0.0969. The van der Waals surface area contributed by atoms with Gasteiger partial charge in [0.1, 0.15) is 10.8 Å². The predicted octanol–water partition coefficient (Wildman–Crippen LogP) is 1.41. The van der Waals surface area contributed by atoms with E-state index in [1.807, 2.05) is 0 Å². The number of nitrogens with two attached hydrogens (primary N) is 1. The number of thiocarbonyl (C=S) groups is 1. The molecule has 2 atom stereocenters. The first kappa shape index (κ1) is 13.8. The highest BCUT2D eigenvalue weighted by Gasteiger charge is 2.28. The number of piperidine rings is 1. The third-order valence-electron chi connectivity index (χ3n) is 4.46. The lowest BCUT2D eigenvalue weighted by Gasteiger charge is -2.36. The molecule has 2 aliphatic rings. The van der Waals surface area contributed by atoms with E-state index in [1.165, 1.54) is 11.3 Å². The average molecular weight is 291 g/mol. The molecule has 0 spiro atoms. The summed E-state index contributed by atoms with van der Waals surface area (Å²) in [7, 11) is 0. The molecule has 2 unspecified atom stereocenters. The molecule has 1 aliphatic carbocycles. The maximum atomic E-state index is 9.88. The third-order valence-corrected chi connectivity index (χ3v) is 4.68. The van der Waals surface area contributed by atoms with Crippen molar-refractivity contribution in [3.8, 4) is 0 Å². The van der Waals surface area contributed by atoms with E-state index in [1.54, 1.807) is 0 Å². The van der Waals surface area contributed by atoms with Crippen LogP contribution in [0.4, 0.5) is 5.82 Å². The maximum Gasteiger partial charge on any atom is 0.139 e. The minimum Gasteiger partial charge on any atom is -0.393 e. The highest BCUT2D eigenvalue weighted by molar-refractivity contribution is 7.80. The minimum atomic E-state index is -0.214. The number of fused-ring (bicyclic) bond motifs is 1. The van der Waals surface area contributed by atoms with Crippen molar-refractivity contribution in [2.24, 2.45) is 11.7 Å². The smallest absolute Gasteiger partial charge is 0.139 e. The van der Waals surface area contributed by atoms with Crippen LogP contribution in [0.1, 0.15) is 36.6 Å². The summed E-state index contributed by atoms with van der Waals surface area (Å²) in [6, 6.07) is 2.13. The molecule has 5 heteroatoms. The van der Waals surface area contributed by atoms with Crippen molar-refractivity contribution in [2.75, 3.05) is 18.0 Å². The summed E-state index contributed by atoms with van der Waals surface area (Å²) >= 11 is 5.20. The molecule has 0 aromatic carbocycles. The van der Waals surface area contributed by atoms with Crippen LogP contribution >= 0.6 is 12.2 Å². The predicted molar refractivity (Wildman–Crippen MR) is 84.2 cm³/mol. The standard InChI is InChI=1S/C15H21N3OS/c1-9-8-18(6-5-13(9)19)15-11(14(16)20)7-10-3-2-4-12(10)17-15/h7,9,13,19H,2-6,8H2,1H3,(H2,16,20). The van der Waals surface area contributed by atoms with E-state index in [2.05, 4.69) is 17.9 Å². The second-order valence-electron chi connectivity index (χ2n) is 5.96. The van der Waals surface area contributed by atoms with Crippen LogP contribution in [0.25, 0.3) is 0 Å². The molecule has 1 saturated heterocycles. The molecule has 2 heterocycles. The molecule has 0 bridgehead atoms. The van der Waals surface area contributed by atoms with Crippen LogP contribution in [0.5, 0.6) is 0 Å². The number of anilines is 1. The molecule has 0 saturated carbocycles. The van der Waals surface area contributed by atoms with Gasteiger partial charge in [0, 0.05) is 18.8 Å². The maximum absolute atomic E-state index is 9.88. The summed E-state index contributed by atoms with van der Waals surface area (Å²) in [5.41, 5.74) is 9.27. The fraction of sp³-hybridized carbons (Fsp3) is 0.600. The average Bonchev–Trinajstić information content (AvgIpc) is 2.87. The van der Waals surface area contributed by atoms with Crippen LogP contribution in [0.3, 0.4) is 0 Å². The van der Waals surface area contributed by atoms with E-state index >= 15 is 0 Å². The molecule has 108 valence electrons. The van der Waals surface area contributed by atoms with Gasteiger partial charge in [-0.25, -0.2) is 4.98 Å². The lowest BCUT2D eigenvalue weighted by Crippen LogP contribution is -2.43. The van der Waals surface area contributed by atoms with E-state index in [-0.39, 0.29) is 12.0 Å². The molecule has 1 aliphatic heterocycles. The number of aromatic nitrogens is 1. The SMILES string of the molecule is CC1CN(c2nc3c(cc2C(N)=S)CCC3)CCC1O. The van der Waals surface area contributed by atoms with Gasteiger partial charge in [0.25, 0.3) is 0 Å². The number of aryl methyl sites for hydroxylation is 2. The molecule has 1 aromatic heterocycles. The Bertz CT molecular complexity index is 546. The summed E-state index contributed by atoms with van der Waals surface area (Å²) in [6.45, 7) is 3.69. The van der Waals surface area contributed by atoms with Crippen LogP contribution in [0, 0.1) is 5.92 Å². The number of nitrogens with zero attached hydrogens (tertiary/aromatic N) is 2. The number of hydrogen-bond acceptors (Lipinski definition) is 4. The van der Waals surface area contributed by atoms with Crippen molar-refractivity contribution in [3.63, 3.8) is 0 Å². The quantitative estimate of drug-likeness (QED) is 0.807. The lowest BCUT2D eigenvalue weighted by atomic mass is 9.96. The Labute approximate surface area is 125 Å². The topological polar surface area (TPSA) is 62.4 Å². The van der Waals surface area contributed by atoms with Crippen LogP contribution in [-0.2, 0) is 12.8 Å². The molecule has 3 rings (SSSR count). The van der Waals surface area contributed by atoms with Crippen molar-refractivity contribution in [1.82, 2.24) is 4.98 Å². The van der Waals surface area contributed by atoms with E-state index in [0.29, 0.717) is 4.99 Å². The van der Waals surface area contributed by atoms with E-state index < -0.39 is 0 Å². The number of rotatable bonds is 2. The van der Waals surface area contributed by atoms with Crippen LogP contribution < -0.4 is 10.6 Å². The van der Waals surface area contributed by atoms with Crippen molar-refractivity contribution in [1.29, 1.82) is 0 Å². The van der Waals surface area contributed by atoms with Gasteiger partial charge in [-0.3, -0.25) is 0 Å². The molecule has 4 nitrogen and oxygen atoms in total. The number of pyridine rings is 1. The monoisotopic (exact) mass is 291 g/mol. The molecule has 1 fully saturated rings. The second-order valence-corrected chi connectivity index (χ2v) is 6.40. The molecule has 0 amide bonds. The van der Waals surface area contributed by atoms with Gasteiger partial charge in [0.05, 0.1) is 11.7 Å². The summed E-state index contributed by atoms with van der Waals surface area (Å²) in [4.78, 5) is 7.48. The van der Waals surface area contributed by atoms with Crippen molar-refractivity contribution in [3.05, 3.63) is 22.9 Å². The minimum absolute atomic E-state index is 0.214.